The van der Waals surface area contributed by atoms with E-state index in [0.717, 1.165) is 0 Å². The molecule has 0 amide bonds. The maximum Gasteiger partial charge on any atom is 0.411 e. The molecule has 5 nitrogen and oxygen atoms in total. The maximum atomic E-state index is 11.7. The van der Waals surface area contributed by atoms with Crippen molar-refractivity contribution in [1.29, 1.82) is 0 Å². The molecule has 0 aliphatic heterocycles. The Hall–Kier alpha value is -1.15. The molecule has 1 aromatic heterocycles. The normalized spacial score (nSPS) is 12.1. The fraction of sp³-hybridized carbons (Fsp3) is 0.750. The molecule has 0 spiro atoms. The molecule has 0 unspecified atom stereocenters. The zero-order valence-electron chi connectivity index (χ0n) is 8.79. The molecule has 0 aliphatic rings. The number of ether oxygens (including phenoxy) is 1. The van der Waals surface area contributed by atoms with Crippen LogP contribution < -0.4 is 5.73 Å². The number of rotatable bonds is 5. The second-order valence-corrected chi connectivity index (χ2v) is 3.21. The lowest BCUT2D eigenvalue weighted by atomic mass is 10.4. The minimum atomic E-state index is -4.29. The van der Waals surface area contributed by atoms with Crippen LogP contribution in [0.4, 0.5) is 13.2 Å². The van der Waals surface area contributed by atoms with Crippen molar-refractivity contribution in [3.05, 3.63) is 11.6 Å². The van der Waals surface area contributed by atoms with E-state index in [2.05, 4.69) is 14.9 Å². The number of halogens is 3. The zero-order valence-corrected chi connectivity index (χ0v) is 8.79. The average molecular weight is 238 g/mol. The van der Waals surface area contributed by atoms with Gasteiger partial charge in [0, 0.05) is 13.5 Å². The predicted molar refractivity (Wildman–Crippen MR) is 49.5 cm³/mol. The second-order valence-electron chi connectivity index (χ2n) is 3.21. The van der Waals surface area contributed by atoms with Crippen molar-refractivity contribution in [3.63, 3.8) is 0 Å². The lowest BCUT2D eigenvalue weighted by molar-refractivity contribution is -0.173. The highest BCUT2D eigenvalue weighted by molar-refractivity contribution is 4.94. The second kappa shape index (κ2) is 5.26. The van der Waals surface area contributed by atoms with Crippen LogP contribution in [0.1, 0.15) is 11.6 Å². The van der Waals surface area contributed by atoms with Gasteiger partial charge in [-0.25, -0.2) is 0 Å². The highest BCUT2D eigenvalue weighted by atomic mass is 19.4. The first kappa shape index (κ1) is 12.9. The molecule has 1 aromatic rings. The number of aromatic nitrogens is 3. The minimum Gasteiger partial charge on any atom is -0.372 e. The topological polar surface area (TPSA) is 66.0 Å². The van der Waals surface area contributed by atoms with Gasteiger partial charge in [0.05, 0.1) is 13.2 Å². The molecule has 0 fully saturated rings. The van der Waals surface area contributed by atoms with Crippen molar-refractivity contribution in [2.75, 3.05) is 13.2 Å². The molecule has 16 heavy (non-hydrogen) atoms. The third-order valence-corrected chi connectivity index (χ3v) is 1.97. The van der Waals surface area contributed by atoms with E-state index in [9.17, 15) is 13.2 Å². The molecule has 92 valence electrons. The molecule has 0 aromatic carbocycles. The fourth-order valence-electron chi connectivity index (χ4n) is 1.15. The SMILES string of the molecule is Cn1c(CN)nnc1CCOCC(F)(F)F. The Bertz CT molecular complexity index is 337. The molecule has 2 N–H and O–H groups in total. The van der Waals surface area contributed by atoms with Gasteiger partial charge in [0.15, 0.2) is 0 Å². The average Bonchev–Trinajstić information content (AvgIpc) is 2.53. The van der Waals surface area contributed by atoms with Crippen LogP contribution in [-0.2, 0) is 24.8 Å². The minimum absolute atomic E-state index is 0.0456. The lowest BCUT2D eigenvalue weighted by Crippen LogP contribution is -2.18. The summed E-state index contributed by atoms with van der Waals surface area (Å²) in [5.41, 5.74) is 5.37. The van der Waals surface area contributed by atoms with Crippen molar-refractivity contribution in [3.8, 4) is 0 Å². The Balaban J connectivity index is 2.35. The highest BCUT2D eigenvalue weighted by Gasteiger charge is 2.27. The molecule has 1 rings (SSSR count). The summed E-state index contributed by atoms with van der Waals surface area (Å²) in [6.45, 7) is -1.04. The van der Waals surface area contributed by atoms with E-state index in [0.29, 0.717) is 11.6 Å². The van der Waals surface area contributed by atoms with Gasteiger partial charge >= 0.3 is 6.18 Å². The molecule has 0 aliphatic carbocycles. The van der Waals surface area contributed by atoms with Crippen molar-refractivity contribution < 1.29 is 17.9 Å². The van der Waals surface area contributed by atoms with Crippen LogP contribution in [0.5, 0.6) is 0 Å². The Labute approximate surface area is 90.4 Å². The summed E-state index contributed by atoms with van der Waals surface area (Å²) in [6.07, 6.45) is -4.01. The number of hydrogen-bond donors (Lipinski definition) is 1. The summed E-state index contributed by atoms with van der Waals surface area (Å²) in [6, 6.07) is 0. The molecular formula is C8H13F3N4O. The number of nitrogens with two attached hydrogens (primary N) is 1. The molecule has 8 heteroatoms. The Kier molecular flexibility index (Phi) is 4.25. The number of alkyl halides is 3. The highest BCUT2D eigenvalue weighted by Crippen LogP contribution is 2.14. The van der Waals surface area contributed by atoms with E-state index in [1.165, 1.54) is 0 Å². The van der Waals surface area contributed by atoms with E-state index >= 15 is 0 Å². The van der Waals surface area contributed by atoms with Crippen LogP contribution in [0.15, 0.2) is 0 Å². The van der Waals surface area contributed by atoms with Crippen LogP contribution >= 0.6 is 0 Å². The fourth-order valence-corrected chi connectivity index (χ4v) is 1.15. The smallest absolute Gasteiger partial charge is 0.372 e. The third-order valence-electron chi connectivity index (χ3n) is 1.97. The quantitative estimate of drug-likeness (QED) is 0.754. The first-order chi connectivity index (χ1) is 7.44. The Morgan fingerprint density at radius 2 is 1.94 bits per heavy atom. The molecular weight excluding hydrogens is 225 g/mol. The number of hydrogen-bond acceptors (Lipinski definition) is 4. The van der Waals surface area contributed by atoms with E-state index in [-0.39, 0.29) is 19.6 Å². The van der Waals surface area contributed by atoms with Gasteiger partial charge in [-0.15, -0.1) is 10.2 Å². The summed E-state index contributed by atoms with van der Waals surface area (Å²) in [4.78, 5) is 0. The van der Waals surface area contributed by atoms with Crippen molar-refractivity contribution >= 4 is 0 Å². The third kappa shape index (κ3) is 3.78. The number of nitrogens with zero attached hydrogens (tertiary/aromatic N) is 3. The van der Waals surface area contributed by atoms with Crippen molar-refractivity contribution in [2.45, 2.75) is 19.1 Å². The maximum absolute atomic E-state index is 11.7. The van der Waals surface area contributed by atoms with Gasteiger partial charge < -0.3 is 15.0 Å². The summed E-state index contributed by atoms with van der Waals surface area (Å²) >= 11 is 0. The Morgan fingerprint density at radius 1 is 1.31 bits per heavy atom. The van der Waals surface area contributed by atoms with Gasteiger partial charge in [-0.3, -0.25) is 0 Å². The lowest BCUT2D eigenvalue weighted by Gasteiger charge is -2.07. The molecule has 0 saturated carbocycles. The van der Waals surface area contributed by atoms with E-state index in [1.807, 2.05) is 0 Å². The van der Waals surface area contributed by atoms with Crippen LogP contribution in [-0.4, -0.2) is 34.2 Å². The Morgan fingerprint density at radius 3 is 2.44 bits per heavy atom. The summed E-state index contributed by atoms with van der Waals surface area (Å²) in [7, 11) is 1.71. The zero-order chi connectivity index (χ0) is 12.2. The molecule has 0 atom stereocenters. The summed E-state index contributed by atoms with van der Waals surface area (Å²) in [5.74, 6) is 1.15. The molecule has 1 heterocycles. The monoisotopic (exact) mass is 238 g/mol. The van der Waals surface area contributed by atoms with Crippen LogP contribution in [0, 0.1) is 0 Å². The van der Waals surface area contributed by atoms with E-state index in [1.54, 1.807) is 11.6 Å². The van der Waals surface area contributed by atoms with E-state index in [4.69, 9.17) is 5.73 Å². The van der Waals surface area contributed by atoms with E-state index < -0.39 is 12.8 Å². The molecule has 0 bridgehead atoms. The van der Waals surface area contributed by atoms with Crippen LogP contribution in [0.25, 0.3) is 0 Å². The first-order valence-corrected chi connectivity index (χ1v) is 4.65. The van der Waals surface area contributed by atoms with Crippen LogP contribution in [0.3, 0.4) is 0 Å². The van der Waals surface area contributed by atoms with Crippen molar-refractivity contribution in [1.82, 2.24) is 14.8 Å². The predicted octanol–water partition coefficient (Wildman–Crippen LogP) is 0.395. The van der Waals surface area contributed by atoms with Gasteiger partial charge in [0.2, 0.25) is 0 Å². The van der Waals surface area contributed by atoms with Gasteiger partial charge in [-0.2, -0.15) is 13.2 Å². The first-order valence-electron chi connectivity index (χ1n) is 4.65. The van der Waals surface area contributed by atoms with Crippen molar-refractivity contribution in [2.24, 2.45) is 12.8 Å². The summed E-state index contributed by atoms with van der Waals surface area (Å²) in [5, 5.41) is 7.56. The molecule has 0 saturated heterocycles. The summed E-state index contributed by atoms with van der Waals surface area (Å²) < 4.78 is 41.3. The van der Waals surface area contributed by atoms with Gasteiger partial charge in [-0.1, -0.05) is 0 Å². The van der Waals surface area contributed by atoms with Gasteiger partial charge in [-0.05, 0) is 0 Å². The van der Waals surface area contributed by atoms with Gasteiger partial charge in [0.1, 0.15) is 18.3 Å². The standard InChI is InChI=1S/C8H13F3N4O/c1-15-6(13-14-7(15)4-12)2-3-16-5-8(9,10)11/h2-5,12H2,1H3. The van der Waals surface area contributed by atoms with Gasteiger partial charge in [0.25, 0.3) is 0 Å². The van der Waals surface area contributed by atoms with Crippen LogP contribution in [0.2, 0.25) is 0 Å². The largest absolute Gasteiger partial charge is 0.411 e. The molecule has 0 radical (unpaired) electrons.